The zero-order valence-electron chi connectivity index (χ0n) is 11.7. The number of hydrogen-bond donors (Lipinski definition) is 1. The van der Waals surface area contributed by atoms with Crippen molar-refractivity contribution >= 4 is 0 Å². The van der Waals surface area contributed by atoms with E-state index in [2.05, 4.69) is 0 Å². The van der Waals surface area contributed by atoms with Crippen LogP contribution >= 0.6 is 0 Å². The fourth-order valence-electron chi connectivity index (χ4n) is 1.83. The summed E-state index contributed by atoms with van der Waals surface area (Å²) in [6.07, 6.45) is 0. The van der Waals surface area contributed by atoms with Gasteiger partial charge in [0.25, 0.3) is 0 Å². The Bertz CT molecular complexity index is 625. The van der Waals surface area contributed by atoms with Gasteiger partial charge in [-0.05, 0) is 23.3 Å². The standard InChI is InChI=1S/C16H16O4.H2O/c1-19-16-14(17)8-7-13(9-15(16)18)11-20-10-12-5-3-2-4-6-12;/h2-9,17H,10-11H2,1H3;1H2. The molecule has 3 N–H and O–H groups in total. The molecule has 0 aliphatic heterocycles. The highest BCUT2D eigenvalue weighted by molar-refractivity contribution is 5.38. The van der Waals surface area contributed by atoms with Gasteiger partial charge in [0.05, 0.1) is 20.3 Å². The van der Waals surface area contributed by atoms with E-state index in [9.17, 15) is 9.90 Å². The van der Waals surface area contributed by atoms with Crippen LogP contribution in [0.1, 0.15) is 11.1 Å². The van der Waals surface area contributed by atoms with Gasteiger partial charge >= 0.3 is 0 Å². The third-order valence-electron chi connectivity index (χ3n) is 2.81. The SMILES string of the molecule is COc1c(O)ccc(COCc2ccccc2)cc1=O.O. The van der Waals surface area contributed by atoms with Crippen LogP contribution in [0.5, 0.6) is 11.5 Å². The molecule has 0 fully saturated rings. The van der Waals surface area contributed by atoms with Crippen molar-refractivity contribution in [2.24, 2.45) is 0 Å². The van der Waals surface area contributed by atoms with Crippen molar-refractivity contribution in [3.05, 3.63) is 69.9 Å². The summed E-state index contributed by atoms with van der Waals surface area (Å²) in [6.45, 7) is 0.762. The molecule has 0 unspecified atom stereocenters. The average Bonchev–Trinajstić information content (AvgIpc) is 2.59. The van der Waals surface area contributed by atoms with Crippen LogP contribution in [-0.4, -0.2) is 17.7 Å². The molecule has 0 aliphatic rings. The summed E-state index contributed by atoms with van der Waals surface area (Å²) in [5.41, 5.74) is 1.38. The highest BCUT2D eigenvalue weighted by Crippen LogP contribution is 2.19. The van der Waals surface area contributed by atoms with Crippen LogP contribution in [0.4, 0.5) is 0 Å². The van der Waals surface area contributed by atoms with Crippen molar-refractivity contribution in [1.82, 2.24) is 0 Å². The Balaban J connectivity index is 0.00000220. The number of aromatic hydroxyl groups is 1. The van der Waals surface area contributed by atoms with Gasteiger partial charge < -0.3 is 20.1 Å². The maximum Gasteiger partial charge on any atom is 0.224 e. The van der Waals surface area contributed by atoms with Crippen molar-refractivity contribution < 1.29 is 20.1 Å². The summed E-state index contributed by atoms with van der Waals surface area (Å²) in [7, 11) is 1.35. The number of hydrogen-bond acceptors (Lipinski definition) is 4. The van der Waals surface area contributed by atoms with Crippen LogP contribution in [-0.2, 0) is 18.0 Å². The van der Waals surface area contributed by atoms with E-state index in [0.717, 1.165) is 5.56 Å². The molecule has 0 spiro atoms. The fourth-order valence-corrected chi connectivity index (χ4v) is 1.83. The number of ether oxygens (including phenoxy) is 2. The largest absolute Gasteiger partial charge is 0.504 e. The summed E-state index contributed by atoms with van der Waals surface area (Å²) in [5, 5.41) is 9.61. The lowest BCUT2D eigenvalue weighted by Gasteiger charge is -2.02. The molecule has 2 aromatic carbocycles. The Hall–Kier alpha value is -2.37. The third kappa shape index (κ3) is 4.59. The lowest BCUT2D eigenvalue weighted by molar-refractivity contribution is 0.107. The Kier molecular flexibility index (Phi) is 6.39. The maximum absolute atomic E-state index is 11.8. The molecule has 2 aromatic rings. The molecular formula is C16H18O5. The molecule has 0 atom stereocenters. The molecule has 5 nitrogen and oxygen atoms in total. The van der Waals surface area contributed by atoms with E-state index in [-0.39, 0.29) is 22.4 Å². The lowest BCUT2D eigenvalue weighted by Crippen LogP contribution is -2.02. The van der Waals surface area contributed by atoms with Crippen LogP contribution in [0.3, 0.4) is 0 Å². The lowest BCUT2D eigenvalue weighted by atomic mass is 10.2. The highest BCUT2D eigenvalue weighted by atomic mass is 16.5. The first-order valence-electron chi connectivity index (χ1n) is 6.22. The van der Waals surface area contributed by atoms with Gasteiger partial charge in [-0.25, -0.2) is 0 Å². The summed E-state index contributed by atoms with van der Waals surface area (Å²) in [6, 6.07) is 14.3. The highest BCUT2D eigenvalue weighted by Gasteiger charge is 2.05. The van der Waals surface area contributed by atoms with Gasteiger partial charge in [0.1, 0.15) is 0 Å². The minimum absolute atomic E-state index is 0. The van der Waals surface area contributed by atoms with Gasteiger partial charge in [0.15, 0.2) is 5.75 Å². The summed E-state index contributed by atoms with van der Waals surface area (Å²) in [4.78, 5) is 11.8. The van der Waals surface area contributed by atoms with E-state index in [1.807, 2.05) is 30.3 Å². The monoisotopic (exact) mass is 290 g/mol. The van der Waals surface area contributed by atoms with Gasteiger partial charge in [-0.2, -0.15) is 0 Å². The molecule has 0 saturated heterocycles. The first-order chi connectivity index (χ1) is 9.70. The first-order valence-corrected chi connectivity index (χ1v) is 6.22. The zero-order chi connectivity index (χ0) is 14.4. The van der Waals surface area contributed by atoms with Gasteiger partial charge in [-0.15, -0.1) is 0 Å². The van der Waals surface area contributed by atoms with Crippen molar-refractivity contribution in [2.75, 3.05) is 7.11 Å². The van der Waals surface area contributed by atoms with Gasteiger partial charge in [-0.1, -0.05) is 36.4 Å². The van der Waals surface area contributed by atoms with Crippen LogP contribution in [0.2, 0.25) is 0 Å². The predicted molar refractivity (Wildman–Crippen MR) is 79.5 cm³/mol. The van der Waals surface area contributed by atoms with Crippen LogP contribution in [0.15, 0.2) is 53.3 Å². The minimum Gasteiger partial charge on any atom is -0.504 e. The van der Waals surface area contributed by atoms with E-state index in [1.54, 1.807) is 6.07 Å². The second-order valence-corrected chi connectivity index (χ2v) is 4.31. The van der Waals surface area contributed by atoms with Crippen molar-refractivity contribution in [1.29, 1.82) is 0 Å². The van der Waals surface area contributed by atoms with Crippen molar-refractivity contribution in [3.63, 3.8) is 0 Å². The average molecular weight is 290 g/mol. The molecule has 0 aliphatic carbocycles. The second-order valence-electron chi connectivity index (χ2n) is 4.31. The third-order valence-corrected chi connectivity index (χ3v) is 2.81. The predicted octanol–water partition coefficient (Wildman–Crippen LogP) is 1.65. The fraction of sp³-hybridized carbons (Fsp3) is 0.188. The van der Waals surface area contributed by atoms with E-state index in [4.69, 9.17) is 9.47 Å². The van der Waals surface area contributed by atoms with Crippen LogP contribution in [0, 0.1) is 0 Å². The van der Waals surface area contributed by atoms with Crippen LogP contribution < -0.4 is 10.2 Å². The molecule has 0 aromatic heterocycles. The molecule has 0 amide bonds. The Morgan fingerprint density at radius 2 is 1.67 bits per heavy atom. The molecule has 21 heavy (non-hydrogen) atoms. The normalized spacial score (nSPS) is 9.76. The quantitative estimate of drug-likeness (QED) is 0.907. The molecule has 2 rings (SSSR count). The first kappa shape index (κ1) is 16.7. The van der Waals surface area contributed by atoms with E-state index >= 15 is 0 Å². The zero-order valence-corrected chi connectivity index (χ0v) is 11.7. The molecule has 0 heterocycles. The number of benzene rings is 1. The number of rotatable bonds is 5. The summed E-state index contributed by atoms with van der Waals surface area (Å²) in [5.74, 6) is -0.230. The topological polar surface area (TPSA) is 87.3 Å². The van der Waals surface area contributed by atoms with Gasteiger partial charge in [0.2, 0.25) is 11.2 Å². The molecule has 5 heteroatoms. The Morgan fingerprint density at radius 1 is 1.00 bits per heavy atom. The Morgan fingerprint density at radius 3 is 2.33 bits per heavy atom. The van der Waals surface area contributed by atoms with Crippen LogP contribution in [0.25, 0.3) is 0 Å². The van der Waals surface area contributed by atoms with E-state index in [0.29, 0.717) is 18.8 Å². The van der Waals surface area contributed by atoms with Crippen molar-refractivity contribution in [2.45, 2.75) is 13.2 Å². The van der Waals surface area contributed by atoms with E-state index < -0.39 is 0 Å². The van der Waals surface area contributed by atoms with E-state index in [1.165, 1.54) is 19.2 Å². The molecule has 112 valence electrons. The molecule has 0 saturated carbocycles. The summed E-state index contributed by atoms with van der Waals surface area (Å²) < 4.78 is 10.4. The van der Waals surface area contributed by atoms with Crippen molar-refractivity contribution in [3.8, 4) is 11.5 Å². The molecule has 0 bridgehead atoms. The maximum atomic E-state index is 11.8. The molecule has 0 radical (unpaired) electrons. The smallest absolute Gasteiger partial charge is 0.224 e. The molecular weight excluding hydrogens is 272 g/mol. The second kappa shape index (κ2) is 8.04. The number of methoxy groups -OCH3 is 1. The van der Waals surface area contributed by atoms with Gasteiger partial charge in [-0.3, -0.25) is 4.79 Å². The minimum atomic E-state index is -0.367. The Labute approximate surface area is 122 Å². The summed E-state index contributed by atoms with van der Waals surface area (Å²) >= 11 is 0. The van der Waals surface area contributed by atoms with Gasteiger partial charge in [0, 0.05) is 0 Å².